The minimum atomic E-state index is -1.00. The number of Topliss-reactive ketones (excluding diaryl/α,β-unsaturated/α-hetero) is 1. The van der Waals surface area contributed by atoms with Gasteiger partial charge in [-0.3, -0.25) is 19.3 Å². The highest BCUT2D eigenvalue weighted by atomic mass is 16.5. The van der Waals surface area contributed by atoms with Gasteiger partial charge in [-0.05, 0) is 63.5 Å². The summed E-state index contributed by atoms with van der Waals surface area (Å²) in [6.07, 6.45) is 2.92. The van der Waals surface area contributed by atoms with E-state index in [4.69, 9.17) is 4.74 Å². The number of esters is 1. The maximum absolute atomic E-state index is 12.8. The van der Waals surface area contributed by atoms with Gasteiger partial charge >= 0.3 is 5.97 Å². The van der Waals surface area contributed by atoms with Gasteiger partial charge in [0.2, 0.25) is 17.6 Å². The number of nitrogens with zero attached hydrogens (tertiary/aromatic N) is 1. The number of hydrogen-bond donors (Lipinski definition) is 0. The fourth-order valence-electron chi connectivity index (χ4n) is 5.29. The number of likely N-dealkylation sites (tertiary alicyclic amines) is 1. The van der Waals surface area contributed by atoms with Gasteiger partial charge in [-0.15, -0.1) is 0 Å². The van der Waals surface area contributed by atoms with Crippen LogP contribution < -0.4 is 0 Å². The first-order valence-corrected chi connectivity index (χ1v) is 9.93. The van der Waals surface area contributed by atoms with Crippen molar-refractivity contribution in [2.24, 2.45) is 23.7 Å². The van der Waals surface area contributed by atoms with Crippen molar-refractivity contribution in [3.05, 3.63) is 34.9 Å². The molecule has 2 aliphatic carbocycles. The minimum Gasteiger partial charge on any atom is -0.456 e. The van der Waals surface area contributed by atoms with E-state index in [0.29, 0.717) is 5.56 Å². The second kappa shape index (κ2) is 6.83. The Morgan fingerprint density at radius 1 is 1.11 bits per heavy atom. The van der Waals surface area contributed by atoms with Crippen LogP contribution in [0.5, 0.6) is 0 Å². The van der Waals surface area contributed by atoms with Crippen LogP contribution in [0.3, 0.4) is 0 Å². The number of benzene rings is 1. The van der Waals surface area contributed by atoms with Crippen molar-refractivity contribution >= 4 is 23.6 Å². The molecule has 6 heteroatoms. The summed E-state index contributed by atoms with van der Waals surface area (Å²) in [7, 11) is 0. The smallest absolute Gasteiger partial charge is 0.329 e. The number of amides is 2. The highest BCUT2D eigenvalue weighted by Gasteiger charge is 2.62. The SMILES string of the molecule is Cc1ccc(C)c(C(=O)COC(=O)[C@@H](C)N2C(=O)[C@H]3[C@@H]4CC[C@@H](C4)[C@@H]3C2=O)c1. The summed E-state index contributed by atoms with van der Waals surface area (Å²) in [5.74, 6) is -1.49. The lowest BCUT2D eigenvalue weighted by Crippen LogP contribution is -2.45. The van der Waals surface area contributed by atoms with Crippen molar-refractivity contribution < 1.29 is 23.9 Å². The standard InChI is InChI=1S/C22H25NO5/c1-11-4-5-12(2)16(8-11)17(24)10-28-22(27)13(3)23-20(25)18-14-6-7-15(9-14)19(18)21(23)26/h4-5,8,13-15,18-19H,6-7,9-10H2,1-3H3/t13-,14-,15+,18+,19+/m1/s1. The molecule has 1 aromatic rings. The molecule has 2 amide bonds. The Morgan fingerprint density at radius 3 is 2.32 bits per heavy atom. The number of fused-ring (bicyclic) bond motifs is 5. The van der Waals surface area contributed by atoms with Gasteiger partial charge in [0.1, 0.15) is 6.04 Å². The van der Waals surface area contributed by atoms with Gasteiger partial charge in [0.25, 0.3) is 0 Å². The maximum Gasteiger partial charge on any atom is 0.329 e. The Kier molecular flexibility index (Phi) is 4.60. The normalized spacial score (nSPS) is 29.2. The maximum atomic E-state index is 12.8. The number of imide groups is 1. The van der Waals surface area contributed by atoms with Gasteiger partial charge in [0.05, 0.1) is 11.8 Å². The third kappa shape index (κ3) is 2.86. The molecule has 1 heterocycles. The lowest BCUT2D eigenvalue weighted by atomic mass is 9.81. The molecule has 1 aromatic carbocycles. The Hall–Kier alpha value is -2.50. The van der Waals surface area contributed by atoms with Crippen molar-refractivity contribution in [1.29, 1.82) is 0 Å². The molecule has 6 nitrogen and oxygen atoms in total. The van der Waals surface area contributed by atoms with Gasteiger partial charge in [-0.2, -0.15) is 0 Å². The number of ketones is 1. The van der Waals surface area contributed by atoms with E-state index in [1.165, 1.54) is 6.92 Å². The van der Waals surface area contributed by atoms with Crippen molar-refractivity contribution in [3.63, 3.8) is 0 Å². The van der Waals surface area contributed by atoms with E-state index < -0.39 is 18.6 Å². The van der Waals surface area contributed by atoms with Crippen LogP contribution in [0.15, 0.2) is 18.2 Å². The first-order chi connectivity index (χ1) is 13.3. The van der Waals surface area contributed by atoms with Gasteiger partial charge in [0, 0.05) is 5.56 Å². The molecule has 0 radical (unpaired) electrons. The molecule has 0 unspecified atom stereocenters. The molecule has 148 valence electrons. The van der Waals surface area contributed by atoms with Crippen LogP contribution >= 0.6 is 0 Å². The lowest BCUT2D eigenvalue weighted by molar-refractivity contribution is -0.157. The molecule has 0 N–H and O–H groups in total. The third-order valence-electron chi connectivity index (χ3n) is 6.73. The van der Waals surface area contributed by atoms with Gasteiger partial charge < -0.3 is 4.74 Å². The van der Waals surface area contributed by atoms with Crippen LogP contribution in [-0.2, 0) is 19.1 Å². The van der Waals surface area contributed by atoms with Crippen LogP contribution in [0.4, 0.5) is 0 Å². The molecule has 2 saturated carbocycles. The van der Waals surface area contributed by atoms with Crippen molar-refractivity contribution in [1.82, 2.24) is 4.90 Å². The van der Waals surface area contributed by atoms with Crippen molar-refractivity contribution in [3.8, 4) is 0 Å². The van der Waals surface area contributed by atoms with Gasteiger partial charge in [0.15, 0.2) is 6.61 Å². The Morgan fingerprint density at radius 2 is 1.71 bits per heavy atom. The quantitative estimate of drug-likeness (QED) is 0.443. The predicted octanol–water partition coefficient (Wildman–Crippen LogP) is 2.45. The number of rotatable bonds is 5. The fraction of sp³-hybridized carbons (Fsp3) is 0.545. The van der Waals surface area contributed by atoms with E-state index in [-0.39, 0.29) is 41.3 Å². The summed E-state index contributed by atoms with van der Waals surface area (Å²) in [6, 6.07) is 4.52. The van der Waals surface area contributed by atoms with E-state index in [1.807, 2.05) is 26.0 Å². The predicted molar refractivity (Wildman–Crippen MR) is 100 cm³/mol. The zero-order valence-electron chi connectivity index (χ0n) is 16.4. The molecule has 5 atom stereocenters. The summed E-state index contributed by atoms with van der Waals surface area (Å²) in [6.45, 7) is 4.82. The molecule has 3 fully saturated rings. The van der Waals surface area contributed by atoms with Crippen molar-refractivity contribution in [2.75, 3.05) is 6.61 Å². The molecule has 3 aliphatic rings. The molecule has 4 rings (SSSR count). The van der Waals surface area contributed by atoms with Crippen LogP contribution in [0.25, 0.3) is 0 Å². The average Bonchev–Trinajstić information content (AvgIpc) is 3.34. The highest BCUT2D eigenvalue weighted by molar-refractivity contribution is 6.08. The van der Waals surface area contributed by atoms with E-state index in [9.17, 15) is 19.2 Å². The number of carbonyl (C=O) groups is 4. The van der Waals surface area contributed by atoms with Crippen LogP contribution in [0.1, 0.15) is 47.7 Å². The number of ether oxygens (including phenoxy) is 1. The first-order valence-electron chi connectivity index (χ1n) is 9.93. The van der Waals surface area contributed by atoms with E-state index in [0.717, 1.165) is 35.3 Å². The second-order valence-corrected chi connectivity index (χ2v) is 8.46. The zero-order chi connectivity index (χ0) is 20.2. The zero-order valence-corrected chi connectivity index (χ0v) is 16.4. The fourth-order valence-corrected chi connectivity index (χ4v) is 5.29. The van der Waals surface area contributed by atoms with E-state index in [2.05, 4.69) is 0 Å². The lowest BCUT2D eigenvalue weighted by Gasteiger charge is -2.23. The van der Waals surface area contributed by atoms with Crippen LogP contribution in [0.2, 0.25) is 0 Å². The summed E-state index contributed by atoms with van der Waals surface area (Å²) in [5, 5.41) is 0. The van der Waals surface area contributed by atoms with Crippen LogP contribution in [-0.4, -0.2) is 41.1 Å². The summed E-state index contributed by atoms with van der Waals surface area (Å²) < 4.78 is 5.18. The number of carbonyl (C=O) groups excluding carboxylic acids is 4. The molecular weight excluding hydrogens is 358 g/mol. The third-order valence-corrected chi connectivity index (χ3v) is 6.73. The molecule has 0 spiro atoms. The highest BCUT2D eigenvalue weighted by Crippen LogP contribution is 2.56. The Balaban J connectivity index is 1.41. The van der Waals surface area contributed by atoms with E-state index >= 15 is 0 Å². The number of hydrogen-bond acceptors (Lipinski definition) is 5. The first kappa shape index (κ1) is 18.8. The molecular formula is C22H25NO5. The molecule has 2 bridgehead atoms. The molecule has 28 heavy (non-hydrogen) atoms. The Bertz CT molecular complexity index is 848. The summed E-state index contributed by atoms with van der Waals surface area (Å²) in [5.41, 5.74) is 2.27. The minimum absolute atomic E-state index is 0.243. The summed E-state index contributed by atoms with van der Waals surface area (Å²) in [4.78, 5) is 51.6. The summed E-state index contributed by atoms with van der Waals surface area (Å²) >= 11 is 0. The average molecular weight is 383 g/mol. The molecule has 1 aliphatic heterocycles. The van der Waals surface area contributed by atoms with E-state index in [1.54, 1.807) is 6.07 Å². The van der Waals surface area contributed by atoms with Crippen molar-refractivity contribution in [2.45, 2.75) is 46.1 Å². The largest absolute Gasteiger partial charge is 0.456 e. The Labute approximate surface area is 164 Å². The second-order valence-electron chi connectivity index (χ2n) is 8.46. The number of aryl methyl sites for hydroxylation is 2. The monoisotopic (exact) mass is 383 g/mol. The molecule has 0 aromatic heterocycles. The molecule has 1 saturated heterocycles. The topological polar surface area (TPSA) is 80.8 Å². The van der Waals surface area contributed by atoms with Gasteiger partial charge in [-0.25, -0.2) is 4.79 Å². The van der Waals surface area contributed by atoms with Gasteiger partial charge in [-0.1, -0.05) is 17.7 Å². The van der Waals surface area contributed by atoms with Crippen LogP contribution in [0, 0.1) is 37.5 Å².